The van der Waals surface area contributed by atoms with E-state index in [1.807, 2.05) is 12.1 Å². The molecule has 0 unspecified atom stereocenters. The van der Waals surface area contributed by atoms with Crippen LogP contribution in [-0.2, 0) is 9.59 Å². The molecule has 0 fully saturated rings. The van der Waals surface area contributed by atoms with E-state index in [0.29, 0.717) is 5.82 Å². The molecule has 6 N–H and O–H groups in total. The molecule has 0 saturated carbocycles. The summed E-state index contributed by atoms with van der Waals surface area (Å²) < 4.78 is 1.24. The standard InChI is InChI=1S/C21H19N7S.2C2H4O2/c1-28(2)14-4-6-17-12(9-14)10-18(29-17)20-15-11-13(3-5-16(15)26-27-20)24-19-7-8-23-21(22)25-19;2*1-2(3)4/h3-11H,1-2H3,(H,26,27)(H3,22,23,24,25);2*1H3,(H,3,4). The van der Waals surface area contributed by atoms with Crippen molar-refractivity contribution in [1.82, 2.24) is 20.2 Å². The van der Waals surface area contributed by atoms with Crippen molar-refractivity contribution >= 4 is 67.4 Å². The van der Waals surface area contributed by atoms with E-state index in [2.05, 4.69) is 74.8 Å². The smallest absolute Gasteiger partial charge is 0.300 e. The molecule has 0 aliphatic carbocycles. The summed E-state index contributed by atoms with van der Waals surface area (Å²) in [5.41, 5.74) is 9.70. The topological polar surface area (TPSA) is 170 Å². The van der Waals surface area contributed by atoms with Gasteiger partial charge in [0.1, 0.15) is 11.5 Å². The monoisotopic (exact) mass is 521 g/mol. The highest BCUT2D eigenvalue weighted by molar-refractivity contribution is 7.22. The van der Waals surface area contributed by atoms with Crippen LogP contribution in [0.4, 0.5) is 23.1 Å². The summed E-state index contributed by atoms with van der Waals surface area (Å²) in [5.74, 6) is -0.776. The van der Waals surface area contributed by atoms with Gasteiger partial charge in [-0.25, -0.2) is 4.98 Å². The molecule has 2 aromatic carbocycles. The Balaban J connectivity index is 0.000000420. The van der Waals surface area contributed by atoms with Crippen molar-refractivity contribution in [3.05, 3.63) is 54.7 Å². The molecule has 3 heterocycles. The summed E-state index contributed by atoms with van der Waals surface area (Å²) in [6.45, 7) is 2.17. The number of nitrogen functional groups attached to an aromatic ring is 1. The molecule has 3 aromatic heterocycles. The van der Waals surface area contributed by atoms with Crippen LogP contribution < -0.4 is 16.0 Å². The minimum Gasteiger partial charge on any atom is -0.481 e. The highest BCUT2D eigenvalue weighted by Crippen LogP contribution is 2.38. The van der Waals surface area contributed by atoms with Gasteiger partial charge in [0.05, 0.1) is 10.4 Å². The summed E-state index contributed by atoms with van der Waals surface area (Å²) in [6.07, 6.45) is 1.63. The number of aromatic nitrogens is 4. The molecule has 0 amide bonds. The summed E-state index contributed by atoms with van der Waals surface area (Å²) in [4.78, 5) is 29.4. The van der Waals surface area contributed by atoms with Crippen molar-refractivity contribution in [3.63, 3.8) is 0 Å². The van der Waals surface area contributed by atoms with Crippen LogP contribution in [0.2, 0.25) is 0 Å². The number of nitrogens with two attached hydrogens (primary N) is 1. The minimum absolute atomic E-state index is 0.238. The van der Waals surface area contributed by atoms with Gasteiger partial charge in [0.2, 0.25) is 5.95 Å². The second-order valence-corrected chi connectivity index (χ2v) is 9.11. The number of carboxylic acids is 2. The number of thiophene rings is 1. The van der Waals surface area contributed by atoms with E-state index >= 15 is 0 Å². The van der Waals surface area contributed by atoms with E-state index in [1.54, 1.807) is 23.6 Å². The number of aliphatic carboxylic acids is 2. The van der Waals surface area contributed by atoms with Crippen LogP contribution in [0.5, 0.6) is 0 Å². The third-order valence-corrected chi connectivity index (χ3v) is 5.88. The molecule has 5 rings (SSSR count). The number of anilines is 4. The number of benzene rings is 2. The predicted octanol–water partition coefficient (Wildman–Crippen LogP) is 4.81. The maximum absolute atomic E-state index is 9.00. The molecule has 0 atom stereocenters. The van der Waals surface area contributed by atoms with E-state index in [4.69, 9.17) is 25.5 Å². The SMILES string of the molecule is CC(=O)O.CC(=O)O.CN(C)c1ccc2sc(-c3n[nH]c4ccc(Nc5ccnc(N)n5)cc34)cc2c1. The highest BCUT2D eigenvalue weighted by atomic mass is 32.1. The molecular weight excluding hydrogens is 494 g/mol. The number of carbonyl (C=O) groups is 2. The molecule has 12 heteroatoms. The molecule has 5 aromatic rings. The molecule has 0 bridgehead atoms. The summed E-state index contributed by atoms with van der Waals surface area (Å²) in [6, 6.07) is 16.6. The number of nitrogens with one attached hydrogen (secondary N) is 2. The zero-order chi connectivity index (χ0) is 27.1. The molecule has 192 valence electrons. The van der Waals surface area contributed by atoms with Crippen LogP contribution in [0.1, 0.15) is 13.8 Å². The van der Waals surface area contributed by atoms with E-state index in [0.717, 1.165) is 41.0 Å². The Morgan fingerprint density at radius 2 is 1.73 bits per heavy atom. The first-order valence-corrected chi connectivity index (χ1v) is 11.8. The number of hydrogen-bond acceptors (Lipinski definition) is 9. The Morgan fingerprint density at radius 3 is 2.38 bits per heavy atom. The molecule has 0 radical (unpaired) electrons. The van der Waals surface area contributed by atoms with Crippen LogP contribution in [0.25, 0.3) is 31.6 Å². The predicted molar refractivity (Wildman–Crippen MR) is 148 cm³/mol. The summed E-state index contributed by atoms with van der Waals surface area (Å²) >= 11 is 1.74. The van der Waals surface area contributed by atoms with Crippen molar-refractivity contribution in [1.29, 1.82) is 0 Å². The zero-order valence-corrected chi connectivity index (χ0v) is 21.5. The Labute approximate surface area is 216 Å². The van der Waals surface area contributed by atoms with Gasteiger partial charge in [0.25, 0.3) is 11.9 Å². The van der Waals surface area contributed by atoms with Gasteiger partial charge in [-0.2, -0.15) is 10.1 Å². The first kappa shape index (κ1) is 26.9. The number of carboxylic acid groups (broad SMARTS) is 2. The number of aromatic amines is 1. The average Bonchev–Trinajstić information content (AvgIpc) is 3.41. The van der Waals surface area contributed by atoms with Crippen molar-refractivity contribution < 1.29 is 19.8 Å². The van der Waals surface area contributed by atoms with Gasteiger partial charge in [-0.1, -0.05) is 0 Å². The van der Waals surface area contributed by atoms with Crippen molar-refractivity contribution in [2.45, 2.75) is 13.8 Å². The van der Waals surface area contributed by atoms with Crippen LogP contribution in [0.3, 0.4) is 0 Å². The number of fused-ring (bicyclic) bond motifs is 2. The van der Waals surface area contributed by atoms with Crippen molar-refractivity contribution in [2.24, 2.45) is 0 Å². The molecule has 0 aliphatic rings. The Kier molecular flexibility index (Phi) is 8.59. The Morgan fingerprint density at radius 1 is 1.03 bits per heavy atom. The lowest BCUT2D eigenvalue weighted by Crippen LogP contribution is -2.07. The lowest BCUT2D eigenvalue weighted by molar-refractivity contribution is -0.135. The highest BCUT2D eigenvalue weighted by Gasteiger charge is 2.13. The average molecular weight is 522 g/mol. The fraction of sp³-hybridized carbons (Fsp3) is 0.160. The molecule has 0 spiro atoms. The third-order valence-electron chi connectivity index (χ3n) is 4.76. The van der Waals surface area contributed by atoms with Crippen LogP contribution >= 0.6 is 11.3 Å². The maximum Gasteiger partial charge on any atom is 0.300 e. The fourth-order valence-corrected chi connectivity index (χ4v) is 4.34. The first-order chi connectivity index (χ1) is 17.5. The van der Waals surface area contributed by atoms with Gasteiger partial charge in [-0.05, 0) is 53.9 Å². The number of rotatable bonds is 4. The van der Waals surface area contributed by atoms with E-state index in [-0.39, 0.29) is 5.95 Å². The first-order valence-electron chi connectivity index (χ1n) is 11.0. The maximum atomic E-state index is 9.00. The quantitative estimate of drug-likeness (QED) is 0.221. The lowest BCUT2D eigenvalue weighted by Gasteiger charge is -2.11. The van der Waals surface area contributed by atoms with Gasteiger partial charge < -0.3 is 26.2 Å². The molecule has 0 aliphatic heterocycles. The molecule has 11 nitrogen and oxygen atoms in total. The largest absolute Gasteiger partial charge is 0.481 e. The summed E-state index contributed by atoms with van der Waals surface area (Å²) in [7, 11) is 4.10. The van der Waals surface area contributed by atoms with Crippen molar-refractivity contribution in [2.75, 3.05) is 30.0 Å². The Bertz CT molecular complexity index is 1520. The second-order valence-electron chi connectivity index (χ2n) is 8.02. The summed E-state index contributed by atoms with van der Waals surface area (Å²) in [5, 5.41) is 28.1. The van der Waals surface area contributed by atoms with Gasteiger partial charge in [-0.15, -0.1) is 11.3 Å². The van der Waals surface area contributed by atoms with Gasteiger partial charge in [0, 0.05) is 55.6 Å². The minimum atomic E-state index is -0.833. The van der Waals surface area contributed by atoms with Crippen LogP contribution in [-0.4, -0.2) is 56.4 Å². The van der Waals surface area contributed by atoms with Gasteiger partial charge in [-0.3, -0.25) is 14.7 Å². The second kappa shape index (κ2) is 11.8. The number of H-pyrrole nitrogens is 1. The third kappa shape index (κ3) is 7.39. The zero-order valence-electron chi connectivity index (χ0n) is 20.7. The molecule has 0 saturated heterocycles. The van der Waals surface area contributed by atoms with Crippen molar-refractivity contribution in [3.8, 4) is 10.6 Å². The van der Waals surface area contributed by atoms with Crippen LogP contribution in [0, 0.1) is 0 Å². The normalized spacial score (nSPS) is 10.2. The lowest BCUT2D eigenvalue weighted by atomic mass is 10.1. The van der Waals surface area contributed by atoms with Gasteiger partial charge in [0.15, 0.2) is 0 Å². The van der Waals surface area contributed by atoms with E-state index < -0.39 is 11.9 Å². The van der Waals surface area contributed by atoms with E-state index in [1.165, 1.54) is 15.8 Å². The number of nitrogens with zero attached hydrogens (tertiary/aromatic N) is 4. The molecule has 37 heavy (non-hydrogen) atoms. The van der Waals surface area contributed by atoms with Gasteiger partial charge >= 0.3 is 0 Å². The Hall–Kier alpha value is -4.71. The number of hydrogen-bond donors (Lipinski definition) is 5. The fourth-order valence-electron chi connectivity index (χ4n) is 3.30. The molecular formula is C25H27N7O4S. The van der Waals surface area contributed by atoms with E-state index in [9.17, 15) is 0 Å². The van der Waals surface area contributed by atoms with Crippen LogP contribution in [0.15, 0.2) is 54.7 Å².